The molecule has 0 bridgehead atoms. The van der Waals surface area contributed by atoms with Gasteiger partial charge >= 0.3 is 0 Å². The molecule has 2 heterocycles. The number of benzene rings is 1. The van der Waals surface area contributed by atoms with E-state index in [1.807, 2.05) is 24.3 Å². The second-order valence-electron chi connectivity index (χ2n) is 5.51. The quantitative estimate of drug-likeness (QED) is 0.787. The van der Waals surface area contributed by atoms with Gasteiger partial charge in [-0.1, -0.05) is 30.3 Å². The van der Waals surface area contributed by atoms with E-state index < -0.39 is 6.10 Å². The zero-order valence-electron chi connectivity index (χ0n) is 12.4. The maximum absolute atomic E-state index is 9.98. The van der Waals surface area contributed by atoms with E-state index in [4.69, 9.17) is 9.72 Å². The van der Waals surface area contributed by atoms with Crippen molar-refractivity contribution < 1.29 is 9.84 Å². The van der Waals surface area contributed by atoms with Gasteiger partial charge in [-0.15, -0.1) is 0 Å². The number of anilines is 1. The highest BCUT2D eigenvalue weighted by molar-refractivity contribution is 14.1. The molecule has 22 heavy (non-hydrogen) atoms. The average Bonchev–Trinajstić information content (AvgIpc) is 2.91. The van der Waals surface area contributed by atoms with E-state index >= 15 is 0 Å². The molecule has 1 aromatic heterocycles. The molecular formula is C17H19IN2O2. The van der Waals surface area contributed by atoms with Crippen LogP contribution in [0.1, 0.15) is 11.3 Å². The van der Waals surface area contributed by atoms with Crippen molar-refractivity contribution in [3.63, 3.8) is 0 Å². The lowest BCUT2D eigenvalue weighted by molar-refractivity contribution is 0.0217. The van der Waals surface area contributed by atoms with Gasteiger partial charge in [-0.25, -0.2) is 4.98 Å². The number of β-amino-alcohol motifs (C(OH)–C–C–N with tert-alkyl or cyclic N) is 1. The van der Waals surface area contributed by atoms with E-state index in [9.17, 15) is 5.11 Å². The van der Waals surface area contributed by atoms with Crippen LogP contribution in [0.2, 0.25) is 0 Å². The van der Waals surface area contributed by atoms with Gasteiger partial charge in [0.05, 0.1) is 11.8 Å². The first-order valence-corrected chi connectivity index (χ1v) is 8.40. The highest BCUT2D eigenvalue weighted by Crippen LogP contribution is 2.23. The van der Waals surface area contributed by atoms with Gasteiger partial charge in [0.15, 0.2) is 0 Å². The third-order valence-corrected chi connectivity index (χ3v) is 4.96. The van der Waals surface area contributed by atoms with Crippen molar-refractivity contribution in [1.82, 2.24) is 4.98 Å². The van der Waals surface area contributed by atoms with Crippen LogP contribution in [-0.2, 0) is 11.2 Å². The first-order chi connectivity index (χ1) is 10.7. The third kappa shape index (κ3) is 3.42. The molecule has 0 amide bonds. The normalized spacial score (nSPS) is 21.3. The smallest absolute Gasteiger partial charge is 0.129 e. The van der Waals surface area contributed by atoms with Crippen LogP contribution in [0.5, 0.6) is 0 Å². The van der Waals surface area contributed by atoms with Crippen molar-refractivity contribution in [3.05, 3.63) is 57.3 Å². The van der Waals surface area contributed by atoms with Gasteiger partial charge in [-0.3, -0.25) is 0 Å². The molecule has 0 spiro atoms. The third-order valence-electron chi connectivity index (χ3n) is 3.98. The Morgan fingerprint density at radius 2 is 2.00 bits per heavy atom. The van der Waals surface area contributed by atoms with Gasteiger partial charge < -0.3 is 14.7 Å². The monoisotopic (exact) mass is 410 g/mol. The number of hydrogen-bond acceptors (Lipinski definition) is 4. The van der Waals surface area contributed by atoms with Crippen LogP contribution in [0.25, 0.3) is 0 Å². The van der Waals surface area contributed by atoms with Crippen molar-refractivity contribution in [1.29, 1.82) is 0 Å². The highest BCUT2D eigenvalue weighted by Gasteiger charge is 2.32. The van der Waals surface area contributed by atoms with Crippen LogP contribution < -0.4 is 4.90 Å². The number of nitrogens with zero attached hydrogens (tertiary/aromatic N) is 2. The molecule has 4 nitrogen and oxygen atoms in total. The lowest BCUT2D eigenvalue weighted by atomic mass is 10.1. The Balaban J connectivity index is 1.81. The van der Waals surface area contributed by atoms with E-state index in [0.29, 0.717) is 13.1 Å². The summed E-state index contributed by atoms with van der Waals surface area (Å²) in [5.74, 6) is 0.907. The highest BCUT2D eigenvalue weighted by atomic mass is 127. The molecular weight excluding hydrogens is 391 g/mol. The van der Waals surface area contributed by atoms with Crippen LogP contribution in [0, 0.1) is 3.57 Å². The first kappa shape index (κ1) is 15.7. The summed E-state index contributed by atoms with van der Waals surface area (Å²) in [6.07, 6.45) is 0.221. The van der Waals surface area contributed by atoms with Crippen LogP contribution in [0.15, 0.2) is 42.5 Å². The molecule has 1 N–H and O–H groups in total. The van der Waals surface area contributed by atoms with Gasteiger partial charge in [0.1, 0.15) is 11.9 Å². The number of halogens is 1. The summed E-state index contributed by atoms with van der Waals surface area (Å²) in [7, 11) is 1.64. The maximum atomic E-state index is 9.98. The second-order valence-corrected chi connectivity index (χ2v) is 6.67. The summed E-state index contributed by atoms with van der Waals surface area (Å²) in [5.41, 5.74) is 2.32. The van der Waals surface area contributed by atoms with Crippen LogP contribution in [0.4, 0.5) is 5.82 Å². The second kappa shape index (κ2) is 6.93. The topological polar surface area (TPSA) is 45.6 Å². The Bertz CT molecular complexity index is 636. The Morgan fingerprint density at radius 1 is 1.23 bits per heavy atom. The molecule has 0 aliphatic carbocycles. The van der Waals surface area contributed by atoms with E-state index in [0.717, 1.165) is 21.5 Å². The lowest BCUT2D eigenvalue weighted by Gasteiger charge is -2.18. The summed E-state index contributed by atoms with van der Waals surface area (Å²) in [4.78, 5) is 6.89. The van der Waals surface area contributed by atoms with E-state index in [1.165, 1.54) is 5.56 Å². The summed E-state index contributed by atoms with van der Waals surface area (Å²) >= 11 is 2.33. The number of aliphatic hydroxyl groups is 1. The van der Waals surface area contributed by atoms with Gasteiger partial charge in [-0.05, 0) is 40.3 Å². The number of aromatic nitrogens is 1. The van der Waals surface area contributed by atoms with Crippen LogP contribution >= 0.6 is 22.6 Å². The van der Waals surface area contributed by atoms with Gasteiger partial charge in [0, 0.05) is 30.2 Å². The van der Waals surface area contributed by atoms with Crippen molar-refractivity contribution in [3.8, 4) is 0 Å². The van der Waals surface area contributed by atoms with Gasteiger partial charge in [0.25, 0.3) is 0 Å². The number of rotatable bonds is 4. The van der Waals surface area contributed by atoms with Crippen molar-refractivity contribution in [2.75, 3.05) is 25.1 Å². The fourth-order valence-electron chi connectivity index (χ4n) is 2.74. The van der Waals surface area contributed by atoms with Crippen LogP contribution in [-0.4, -0.2) is 42.5 Å². The van der Waals surface area contributed by atoms with Crippen LogP contribution in [0.3, 0.4) is 0 Å². The number of hydrogen-bond donors (Lipinski definition) is 1. The molecule has 5 heteroatoms. The molecule has 1 aliphatic rings. The number of methoxy groups -OCH3 is 1. The number of aliphatic hydroxyl groups excluding tert-OH is 1. The molecule has 3 rings (SSSR count). The van der Waals surface area contributed by atoms with Crippen molar-refractivity contribution in [2.45, 2.75) is 18.6 Å². The molecule has 116 valence electrons. The Kier molecular flexibility index (Phi) is 4.95. The molecule has 1 fully saturated rings. The van der Waals surface area contributed by atoms with E-state index in [-0.39, 0.29) is 6.10 Å². The molecule has 2 aromatic rings. The SMILES string of the molecule is CO[C@H]1CN(c2ccc(I)c(Cc3ccccc3)n2)C[C@@H]1O. The minimum atomic E-state index is -0.455. The molecule has 1 aromatic carbocycles. The average molecular weight is 410 g/mol. The molecule has 2 atom stereocenters. The largest absolute Gasteiger partial charge is 0.388 e. The summed E-state index contributed by atoms with van der Waals surface area (Å²) in [6, 6.07) is 14.5. The minimum Gasteiger partial charge on any atom is -0.388 e. The standard InChI is InChI=1S/C17H19IN2O2/c1-22-16-11-20(10-15(16)21)17-8-7-13(18)14(19-17)9-12-5-3-2-4-6-12/h2-8,15-16,21H,9-11H2,1H3/t15-,16-/m0/s1. The minimum absolute atomic E-state index is 0.140. The Morgan fingerprint density at radius 3 is 2.68 bits per heavy atom. The summed E-state index contributed by atoms with van der Waals surface area (Å²) in [6.45, 7) is 1.24. The zero-order valence-corrected chi connectivity index (χ0v) is 14.6. The predicted octanol–water partition coefficient (Wildman–Crippen LogP) is 2.47. The van der Waals surface area contributed by atoms with Gasteiger partial charge in [0.2, 0.25) is 0 Å². The van der Waals surface area contributed by atoms with E-state index in [1.54, 1.807) is 7.11 Å². The summed E-state index contributed by atoms with van der Waals surface area (Å²) < 4.78 is 6.46. The fourth-order valence-corrected chi connectivity index (χ4v) is 3.23. The predicted molar refractivity (Wildman–Crippen MR) is 95.2 cm³/mol. The zero-order chi connectivity index (χ0) is 15.5. The van der Waals surface area contributed by atoms with E-state index in [2.05, 4.69) is 45.7 Å². The molecule has 1 aliphatic heterocycles. The lowest BCUT2D eigenvalue weighted by Crippen LogP contribution is -2.25. The van der Waals surface area contributed by atoms with Crippen molar-refractivity contribution >= 4 is 28.4 Å². The molecule has 1 saturated heterocycles. The van der Waals surface area contributed by atoms with Crippen molar-refractivity contribution in [2.24, 2.45) is 0 Å². The fraction of sp³-hybridized carbons (Fsp3) is 0.353. The molecule has 0 saturated carbocycles. The summed E-state index contributed by atoms with van der Waals surface area (Å²) in [5, 5.41) is 9.98. The molecule has 0 unspecified atom stereocenters. The Labute approximate surface area is 144 Å². The molecule has 0 radical (unpaired) electrons. The maximum Gasteiger partial charge on any atom is 0.129 e. The number of ether oxygens (including phenoxy) is 1. The Hall–Kier alpha value is -1.18. The first-order valence-electron chi connectivity index (χ1n) is 7.32. The number of pyridine rings is 1. The van der Waals surface area contributed by atoms with Gasteiger partial charge in [-0.2, -0.15) is 0 Å².